The molecule has 0 aromatic carbocycles. The molecule has 3 atom stereocenters. The van der Waals surface area contributed by atoms with Crippen molar-refractivity contribution in [2.75, 3.05) is 19.6 Å². The fourth-order valence-electron chi connectivity index (χ4n) is 5.39. The largest absolute Gasteiger partial charge is 0.337 e. The molecule has 2 aromatic heterocycles. The van der Waals surface area contributed by atoms with Gasteiger partial charge in [-0.3, -0.25) is 14.7 Å². The van der Waals surface area contributed by atoms with E-state index >= 15 is 0 Å². The number of carbonyl (C=O) groups is 2. The van der Waals surface area contributed by atoms with E-state index in [1.54, 1.807) is 12.4 Å². The van der Waals surface area contributed by atoms with E-state index in [4.69, 9.17) is 4.98 Å². The van der Waals surface area contributed by atoms with E-state index in [1.807, 2.05) is 18.3 Å². The third kappa shape index (κ3) is 2.80. The van der Waals surface area contributed by atoms with Crippen LogP contribution in [0.25, 0.3) is 0 Å². The summed E-state index contributed by atoms with van der Waals surface area (Å²) in [6, 6.07) is 0. The van der Waals surface area contributed by atoms with Crippen molar-refractivity contribution in [2.45, 2.75) is 44.6 Å². The number of carbonyl (C=O) groups excluding carboxylic acids is 2. The summed E-state index contributed by atoms with van der Waals surface area (Å²) in [6.45, 7) is 4.00. The van der Waals surface area contributed by atoms with E-state index in [0.29, 0.717) is 31.1 Å². The number of H-pyrrole nitrogens is 1. The maximum absolute atomic E-state index is 13.5. The molecule has 1 saturated carbocycles. The Morgan fingerprint density at radius 3 is 2.97 bits per heavy atom. The van der Waals surface area contributed by atoms with Gasteiger partial charge in [0.2, 0.25) is 5.91 Å². The highest BCUT2D eigenvalue weighted by Gasteiger charge is 2.56. The molecule has 29 heavy (non-hydrogen) atoms. The highest BCUT2D eigenvalue weighted by Crippen LogP contribution is 2.48. The maximum Gasteiger partial charge on any atom is 0.257 e. The number of fused-ring (bicyclic) bond motifs is 2. The normalized spacial score (nSPS) is 28.1. The van der Waals surface area contributed by atoms with Crippen LogP contribution in [0.15, 0.2) is 18.7 Å². The van der Waals surface area contributed by atoms with Crippen LogP contribution in [-0.2, 0) is 23.8 Å². The summed E-state index contributed by atoms with van der Waals surface area (Å²) in [5.41, 5.74) is 2.22. The molecular weight excluding hydrogens is 368 g/mol. The zero-order chi connectivity index (χ0) is 20.2. The van der Waals surface area contributed by atoms with Crippen LogP contribution >= 0.6 is 0 Å². The van der Waals surface area contributed by atoms with Gasteiger partial charge in [-0.1, -0.05) is 13.3 Å². The summed E-state index contributed by atoms with van der Waals surface area (Å²) in [7, 11) is 2.01. The van der Waals surface area contributed by atoms with Crippen molar-refractivity contribution in [3.8, 4) is 0 Å². The fourth-order valence-corrected chi connectivity index (χ4v) is 5.39. The van der Waals surface area contributed by atoms with Crippen molar-refractivity contribution in [1.29, 1.82) is 0 Å². The van der Waals surface area contributed by atoms with E-state index in [-0.39, 0.29) is 17.7 Å². The lowest BCUT2D eigenvalue weighted by Gasteiger charge is -2.44. The molecule has 2 aliphatic heterocycles. The highest BCUT2D eigenvalue weighted by molar-refractivity contribution is 5.94. The van der Waals surface area contributed by atoms with E-state index in [1.165, 1.54) is 5.69 Å². The molecule has 0 bridgehead atoms. The number of rotatable bonds is 4. The number of likely N-dealkylation sites (tertiary alicyclic amines) is 1. The van der Waals surface area contributed by atoms with Crippen LogP contribution in [0.5, 0.6) is 0 Å². The molecule has 5 rings (SSSR count). The zero-order valence-electron chi connectivity index (χ0n) is 17.1. The van der Waals surface area contributed by atoms with Gasteiger partial charge in [0.15, 0.2) is 0 Å². The average molecular weight is 396 g/mol. The van der Waals surface area contributed by atoms with Crippen LogP contribution in [-0.4, -0.2) is 61.0 Å². The molecule has 1 unspecified atom stereocenters. The molecule has 2 aromatic rings. The number of hydrogen-bond donors (Lipinski definition) is 1. The first-order valence-electron chi connectivity index (χ1n) is 10.7. The van der Waals surface area contributed by atoms with E-state index in [0.717, 1.165) is 37.8 Å². The molecule has 0 radical (unpaired) electrons. The summed E-state index contributed by atoms with van der Waals surface area (Å²) >= 11 is 0. The van der Waals surface area contributed by atoms with Crippen molar-refractivity contribution in [1.82, 2.24) is 29.5 Å². The van der Waals surface area contributed by atoms with Gasteiger partial charge in [0.05, 0.1) is 30.3 Å². The number of imidazole rings is 1. The number of nitrogens with one attached hydrogen (secondary N) is 1. The van der Waals surface area contributed by atoms with Gasteiger partial charge in [-0.05, 0) is 25.2 Å². The zero-order valence-corrected chi connectivity index (χ0v) is 17.1. The van der Waals surface area contributed by atoms with Gasteiger partial charge in [-0.2, -0.15) is 5.10 Å². The van der Waals surface area contributed by atoms with Gasteiger partial charge >= 0.3 is 0 Å². The average Bonchev–Trinajstić information content (AvgIpc) is 3.12. The summed E-state index contributed by atoms with van der Waals surface area (Å²) in [5.74, 6) is 0.897. The van der Waals surface area contributed by atoms with Gasteiger partial charge < -0.3 is 14.4 Å². The lowest BCUT2D eigenvalue weighted by Crippen LogP contribution is -2.56. The van der Waals surface area contributed by atoms with Gasteiger partial charge in [-0.25, -0.2) is 4.98 Å². The first kappa shape index (κ1) is 18.4. The predicted octanol–water partition coefficient (Wildman–Crippen LogP) is 1.71. The van der Waals surface area contributed by atoms with Crippen LogP contribution in [0.4, 0.5) is 0 Å². The minimum absolute atomic E-state index is 0.0404. The van der Waals surface area contributed by atoms with E-state index < -0.39 is 5.54 Å². The second-order valence-corrected chi connectivity index (χ2v) is 8.78. The van der Waals surface area contributed by atoms with Crippen LogP contribution < -0.4 is 0 Å². The quantitative estimate of drug-likeness (QED) is 0.852. The molecule has 8 nitrogen and oxygen atoms in total. The Morgan fingerprint density at radius 1 is 1.34 bits per heavy atom. The van der Waals surface area contributed by atoms with Crippen LogP contribution in [0.2, 0.25) is 0 Å². The Kier molecular flexibility index (Phi) is 4.26. The number of aromatic nitrogens is 4. The second-order valence-electron chi connectivity index (χ2n) is 8.78. The Balaban J connectivity index is 1.47. The predicted molar refractivity (Wildman–Crippen MR) is 106 cm³/mol. The third-order valence-corrected chi connectivity index (χ3v) is 7.03. The van der Waals surface area contributed by atoms with Gasteiger partial charge in [0.1, 0.15) is 5.54 Å². The van der Waals surface area contributed by atoms with Crippen molar-refractivity contribution in [2.24, 2.45) is 18.9 Å². The maximum atomic E-state index is 13.5. The van der Waals surface area contributed by atoms with Crippen molar-refractivity contribution in [3.63, 3.8) is 0 Å². The molecule has 8 heteroatoms. The molecule has 2 amide bonds. The number of aryl methyl sites for hydroxylation is 1. The second kappa shape index (κ2) is 6.71. The first-order chi connectivity index (χ1) is 14.0. The first-order valence-corrected chi connectivity index (χ1v) is 10.7. The van der Waals surface area contributed by atoms with Crippen LogP contribution in [0.3, 0.4) is 0 Å². The fraction of sp³-hybridized carbons (Fsp3) is 0.619. The molecule has 1 saturated heterocycles. The molecule has 154 valence electrons. The molecule has 1 spiro atoms. The lowest BCUT2D eigenvalue weighted by molar-refractivity contribution is -0.140. The van der Waals surface area contributed by atoms with E-state index in [9.17, 15) is 9.59 Å². The smallest absolute Gasteiger partial charge is 0.257 e. The highest BCUT2D eigenvalue weighted by atomic mass is 16.2. The number of aromatic amines is 1. The minimum atomic E-state index is -0.509. The van der Waals surface area contributed by atoms with E-state index in [2.05, 4.69) is 26.6 Å². The molecule has 4 heterocycles. The Bertz CT molecular complexity index is 935. The monoisotopic (exact) mass is 396 g/mol. The molecule has 1 aliphatic carbocycles. The Morgan fingerprint density at radius 2 is 2.21 bits per heavy atom. The van der Waals surface area contributed by atoms with Crippen molar-refractivity contribution < 1.29 is 9.59 Å². The summed E-state index contributed by atoms with van der Waals surface area (Å²) in [4.78, 5) is 35.1. The van der Waals surface area contributed by atoms with Crippen LogP contribution in [0.1, 0.15) is 54.4 Å². The number of amides is 2. The summed E-state index contributed by atoms with van der Waals surface area (Å²) in [6.07, 6.45) is 9.83. The molecule has 2 fully saturated rings. The Hall–Kier alpha value is -2.64. The van der Waals surface area contributed by atoms with Gasteiger partial charge in [-0.15, -0.1) is 0 Å². The number of hydrogen-bond acceptors (Lipinski definition) is 4. The SMILES string of the molecule is CCC[C@@H]1C[C@H]1C(=O)N1CCc2c(ncn2C)C12CCN(C(=O)c1cn[nH]c1)C2. The van der Waals surface area contributed by atoms with Gasteiger partial charge in [0, 0.05) is 44.4 Å². The van der Waals surface area contributed by atoms with Crippen molar-refractivity contribution in [3.05, 3.63) is 35.7 Å². The van der Waals surface area contributed by atoms with Crippen LogP contribution in [0, 0.1) is 11.8 Å². The topological polar surface area (TPSA) is 87.1 Å². The summed E-state index contributed by atoms with van der Waals surface area (Å²) in [5, 5.41) is 6.62. The number of nitrogens with zero attached hydrogens (tertiary/aromatic N) is 5. The van der Waals surface area contributed by atoms with Gasteiger partial charge in [0.25, 0.3) is 5.91 Å². The minimum Gasteiger partial charge on any atom is -0.337 e. The molecular formula is C21H28N6O2. The Labute approximate surface area is 170 Å². The molecule has 1 N–H and O–H groups in total. The third-order valence-electron chi connectivity index (χ3n) is 7.03. The molecule has 3 aliphatic rings. The summed E-state index contributed by atoms with van der Waals surface area (Å²) < 4.78 is 2.07. The lowest BCUT2D eigenvalue weighted by atomic mass is 9.85. The van der Waals surface area contributed by atoms with Crippen molar-refractivity contribution >= 4 is 11.8 Å². The standard InChI is InChI=1S/C21H28N6O2/c1-3-4-14-9-16(14)20(29)27-7-5-17-18(22-13-25(17)2)21(27)6-8-26(12-21)19(28)15-10-23-24-11-15/h10-11,13-14,16H,3-9,12H2,1-2H3,(H,23,24)/t14-,16-,21?/m1/s1.